The van der Waals surface area contributed by atoms with Crippen molar-refractivity contribution in [1.82, 2.24) is 9.78 Å². The molecule has 19 heavy (non-hydrogen) atoms. The van der Waals surface area contributed by atoms with Gasteiger partial charge in [0.05, 0.1) is 11.4 Å². The first-order valence-electron chi connectivity index (χ1n) is 6.84. The van der Waals surface area contributed by atoms with Crippen LogP contribution in [0.5, 0.6) is 0 Å². The molecular weight excluding hydrogens is 234 g/mol. The third-order valence-corrected chi connectivity index (χ3v) is 3.20. The molecule has 0 amide bonds. The number of anilines is 1. The maximum absolute atomic E-state index is 6.03. The van der Waals surface area contributed by atoms with Gasteiger partial charge < -0.3 is 5.73 Å². The number of aryl methyl sites for hydroxylation is 2. The third kappa shape index (κ3) is 3.60. The fourth-order valence-corrected chi connectivity index (χ4v) is 2.22. The SMILES string of the molecule is CC(C)(C)c1nn(CCCc2ccccc2)cc1N. The molecule has 0 saturated carbocycles. The average Bonchev–Trinajstić information content (AvgIpc) is 2.72. The third-order valence-electron chi connectivity index (χ3n) is 3.20. The van der Waals surface area contributed by atoms with E-state index in [-0.39, 0.29) is 5.41 Å². The van der Waals surface area contributed by atoms with Crippen LogP contribution >= 0.6 is 0 Å². The van der Waals surface area contributed by atoms with Gasteiger partial charge in [-0.3, -0.25) is 4.68 Å². The molecule has 0 saturated heterocycles. The minimum atomic E-state index is 0.00869. The van der Waals surface area contributed by atoms with Crippen LogP contribution in [0.3, 0.4) is 0 Å². The van der Waals surface area contributed by atoms with E-state index in [4.69, 9.17) is 5.73 Å². The topological polar surface area (TPSA) is 43.8 Å². The van der Waals surface area contributed by atoms with E-state index in [1.807, 2.05) is 16.9 Å². The van der Waals surface area contributed by atoms with Crippen molar-refractivity contribution in [3.8, 4) is 0 Å². The van der Waals surface area contributed by atoms with E-state index in [0.29, 0.717) is 0 Å². The lowest BCUT2D eigenvalue weighted by atomic mass is 9.92. The van der Waals surface area contributed by atoms with E-state index >= 15 is 0 Å². The summed E-state index contributed by atoms with van der Waals surface area (Å²) < 4.78 is 1.97. The molecular formula is C16H23N3. The molecule has 0 aliphatic rings. The van der Waals surface area contributed by atoms with E-state index in [9.17, 15) is 0 Å². The van der Waals surface area contributed by atoms with Crippen LogP contribution in [0.2, 0.25) is 0 Å². The molecule has 3 heteroatoms. The van der Waals surface area contributed by atoms with Crippen molar-refractivity contribution in [2.75, 3.05) is 5.73 Å². The monoisotopic (exact) mass is 257 g/mol. The molecule has 1 aromatic heterocycles. The average molecular weight is 257 g/mol. The fraction of sp³-hybridized carbons (Fsp3) is 0.438. The zero-order valence-electron chi connectivity index (χ0n) is 12.1. The second-order valence-corrected chi connectivity index (χ2v) is 6.04. The van der Waals surface area contributed by atoms with Gasteiger partial charge in [-0.25, -0.2) is 0 Å². The van der Waals surface area contributed by atoms with Gasteiger partial charge in [0.15, 0.2) is 0 Å². The molecule has 0 unspecified atom stereocenters. The molecule has 0 bridgehead atoms. The van der Waals surface area contributed by atoms with Crippen molar-refractivity contribution in [3.63, 3.8) is 0 Å². The van der Waals surface area contributed by atoms with Crippen molar-refractivity contribution in [3.05, 3.63) is 47.8 Å². The van der Waals surface area contributed by atoms with E-state index in [1.165, 1.54) is 5.56 Å². The molecule has 102 valence electrons. The largest absolute Gasteiger partial charge is 0.396 e. The first kappa shape index (κ1) is 13.7. The summed E-state index contributed by atoms with van der Waals surface area (Å²) in [5, 5.41) is 4.60. The predicted molar refractivity (Wildman–Crippen MR) is 80.1 cm³/mol. The Hall–Kier alpha value is -1.77. The number of nitrogens with zero attached hydrogens (tertiary/aromatic N) is 2. The summed E-state index contributed by atoms with van der Waals surface area (Å²) in [4.78, 5) is 0. The van der Waals surface area contributed by atoms with Gasteiger partial charge in [-0.15, -0.1) is 0 Å². The van der Waals surface area contributed by atoms with Gasteiger partial charge in [0, 0.05) is 18.2 Å². The van der Waals surface area contributed by atoms with Gasteiger partial charge in [-0.1, -0.05) is 51.1 Å². The normalized spacial score (nSPS) is 11.7. The number of hydrogen-bond donors (Lipinski definition) is 1. The number of rotatable bonds is 4. The number of hydrogen-bond acceptors (Lipinski definition) is 2. The zero-order valence-corrected chi connectivity index (χ0v) is 12.1. The number of nitrogen functional groups attached to an aromatic ring is 1. The van der Waals surface area contributed by atoms with Crippen LogP contribution in [0, 0.1) is 0 Å². The van der Waals surface area contributed by atoms with Crippen LogP contribution in [-0.2, 0) is 18.4 Å². The summed E-state index contributed by atoms with van der Waals surface area (Å²) in [5.74, 6) is 0. The second-order valence-electron chi connectivity index (χ2n) is 6.04. The summed E-state index contributed by atoms with van der Waals surface area (Å²) in [6, 6.07) is 10.5. The Morgan fingerprint density at radius 3 is 2.42 bits per heavy atom. The van der Waals surface area contributed by atoms with Crippen molar-refractivity contribution in [2.24, 2.45) is 0 Å². The van der Waals surface area contributed by atoms with Crippen molar-refractivity contribution < 1.29 is 0 Å². The lowest BCUT2D eigenvalue weighted by Crippen LogP contribution is -2.14. The van der Waals surface area contributed by atoms with Gasteiger partial charge in [0.1, 0.15) is 0 Å². The number of aromatic nitrogens is 2. The maximum Gasteiger partial charge on any atom is 0.0907 e. The first-order valence-corrected chi connectivity index (χ1v) is 6.84. The number of nitrogens with two attached hydrogens (primary N) is 1. The first-order chi connectivity index (χ1) is 8.97. The Labute approximate surface area is 115 Å². The molecule has 2 rings (SSSR count). The summed E-state index contributed by atoms with van der Waals surface area (Å²) in [6.07, 6.45) is 4.10. The van der Waals surface area contributed by atoms with Gasteiger partial charge in [0.2, 0.25) is 0 Å². The Balaban J connectivity index is 1.94. The molecule has 1 aromatic carbocycles. The highest BCUT2D eigenvalue weighted by atomic mass is 15.3. The Morgan fingerprint density at radius 2 is 1.84 bits per heavy atom. The van der Waals surface area contributed by atoms with Crippen LogP contribution in [0.4, 0.5) is 5.69 Å². The van der Waals surface area contributed by atoms with Gasteiger partial charge in [-0.05, 0) is 18.4 Å². The van der Waals surface area contributed by atoms with E-state index in [0.717, 1.165) is 30.8 Å². The van der Waals surface area contributed by atoms with Crippen molar-refractivity contribution >= 4 is 5.69 Å². The standard InChI is InChI=1S/C16H23N3/c1-16(2,3)15-14(17)12-19(18-15)11-7-10-13-8-5-4-6-9-13/h4-6,8-9,12H,7,10-11,17H2,1-3H3. The lowest BCUT2D eigenvalue weighted by Gasteiger charge is -2.15. The highest BCUT2D eigenvalue weighted by Crippen LogP contribution is 2.25. The van der Waals surface area contributed by atoms with Crippen LogP contribution in [0.25, 0.3) is 0 Å². The van der Waals surface area contributed by atoms with E-state index in [2.05, 4.69) is 50.1 Å². The van der Waals surface area contributed by atoms with Crippen molar-refractivity contribution in [2.45, 2.75) is 45.6 Å². The van der Waals surface area contributed by atoms with Crippen molar-refractivity contribution in [1.29, 1.82) is 0 Å². The quantitative estimate of drug-likeness (QED) is 0.912. The molecule has 0 aliphatic carbocycles. The van der Waals surface area contributed by atoms with Crippen LogP contribution in [0.1, 0.15) is 38.4 Å². The summed E-state index contributed by atoms with van der Waals surface area (Å²) in [6.45, 7) is 7.33. The zero-order chi connectivity index (χ0) is 13.9. The predicted octanol–water partition coefficient (Wildman–Crippen LogP) is 3.40. The molecule has 0 atom stereocenters. The lowest BCUT2D eigenvalue weighted by molar-refractivity contribution is 0.522. The van der Waals surface area contributed by atoms with E-state index in [1.54, 1.807) is 0 Å². The fourth-order valence-electron chi connectivity index (χ4n) is 2.22. The minimum Gasteiger partial charge on any atom is -0.396 e. The second kappa shape index (κ2) is 5.47. The molecule has 2 N–H and O–H groups in total. The maximum atomic E-state index is 6.03. The Kier molecular flexibility index (Phi) is 3.93. The molecule has 0 aliphatic heterocycles. The summed E-state index contributed by atoms with van der Waals surface area (Å²) in [5.41, 5.74) is 9.20. The number of benzene rings is 1. The molecule has 3 nitrogen and oxygen atoms in total. The molecule has 2 aromatic rings. The van der Waals surface area contributed by atoms with Crippen LogP contribution < -0.4 is 5.73 Å². The minimum absolute atomic E-state index is 0.00869. The highest BCUT2D eigenvalue weighted by Gasteiger charge is 2.20. The van der Waals surface area contributed by atoms with E-state index < -0.39 is 0 Å². The van der Waals surface area contributed by atoms with Crippen LogP contribution in [0.15, 0.2) is 36.5 Å². The van der Waals surface area contributed by atoms with Gasteiger partial charge in [-0.2, -0.15) is 5.10 Å². The highest BCUT2D eigenvalue weighted by molar-refractivity contribution is 5.44. The Bertz CT molecular complexity index is 521. The smallest absolute Gasteiger partial charge is 0.0907 e. The van der Waals surface area contributed by atoms with Gasteiger partial charge in [0.25, 0.3) is 0 Å². The van der Waals surface area contributed by atoms with Crippen LogP contribution in [-0.4, -0.2) is 9.78 Å². The van der Waals surface area contributed by atoms with Gasteiger partial charge >= 0.3 is 0 Å². The molecule has 1 heterocycles. The summed E-state index contributed by atoms with van der Waals surface area (Å²) >= 11 is 0. The molecule has 0 spiro atoms. The molecule has 0 radical (unpaired) electrons. The molecule has 0 fully saturated rings. The summed E-state index contributed by atoms with van der Waals surface area (Å²) in [7, 11) is 0. The Morgan fingerprint density at radius 1 is 1.16 bits per heavy atom.